The molecule has 0 saturated carbocycles. The fourth-order valence-electron chi connectivity index (χ4n) is 2.71. The lowest BCUT2D eigenvalue weighted by atomic mass is 10.0. The molecule has 1 heterocycles. The van der Waals surface area contributed by atoms with E-state index in [1.54, 1.807) is 20.3 Å². The maximum Gasteiger partial charge on any atom is 0.128 e. The van der Waals surface area contributed by atoms with Gasteiger partial charge in [0.05, 0.1) is 20.8 Å². The van der Waals surface area contributed by atoms with Crippen molar-refractivity contribution in [2.75, 3.05) is 40.5 Å². The lowest BCUT2D eigenvalue weighted by Gasteiger charge is -2.35. The quantitative estimate of drug-likeness (QED) is 0.868. The summed E-state index contributed by atoms with van der Waals surface area (Å²) in [7, 11) is 3.20. The van der Waals surface area contributed by atoms with Gasteiger partial charge in [-0.2, -0.15) is 0 Å². The van der Waals surface area contributed by atoms with Gasteiger partial charge in [-0.05, 0) is 25.1 Å². The van der Waals surface area contributed by atoms with Crippen molar-refractivity contribution in [1.29, 1.82) is 0 Å². The summed E-state index contributed by atoms with van der Waals surface area (Å²) < 4.78 is 16.3. The summed E-state index contributed by atoms with van der Waals surface area (Å²) in [6.45, 7) is 5.51. The number of rotatable bonds is 6. The number of aliphatic hydroxyl groups is 1. The van der Waals surface area contributed by atoms with Crippen LogP contribution in [0, 0.1) is 0 Å². The normalized spacial score (nSPS) is 21.0. The van der Waals surface area contributed by atoms with Crippen LogP contribution in [-0.4, -0.2) is 56.6 Å². The van der Waals surface area contributed by atoms with Crippen LogP contribution in [0.3, 0.4) is 0 Å². The zero-order chi connectivity index (χ0) is 15.2. The second-order valence-electron chi connectivity index (χ2n) is 5.26. The van der Waals surface area contributed by atoms with Gasteiger partial charge in [-0.1, -0.05) is 6.92 Å². The Kier molecular flexibility index (Phi) is 5.85. The van der Waals surface area contributed by atoms with Gasteiger partial charge in [0.1, 0.15) is 23.7 Å². The van der Waals surface area contributed by atoms with Gasteiger partial charge < -0.3 is 19.3 Å². The largest absolute Gasteiger partial charge is 0.497 e. The van der Waals surface area contributed by atoms with Crippen LogP contribution in [0.25, 0.3) is 0 Å². The van der Waals surface area contributed by atoms with Crippen LogP contribution in [0.15, 0.2) is 18.2 Å². The summed E-state index contributed by atoms with van der Waals surface area (Å²) in [5, 5.41) is 10.6. The van der Waals surface area contributed by atoms with E-state index in [0.29, 0.717) is 18.1 Å². The third-order valence-corrected chi connectivity index (χ3v) is 3.83. The standard InChI is InChI=1S/C16H25NO4/c1-4-7-17-8-9-21-15(11-17)16(18)13-6-5-12(19-2)10-14(13)20-3/h5-6,10,15-16,18H,4,7-9,11H2,1-3H3. The molecular formula is C16H25NO4. The van der Waals surface area contributed by atoms with Gasteiger partial charge in [-0.25, -0.2) is 0 Å². The number of morpholine rings is 1. The predicted molar refractivity (Wildman–Crippen MR) is 81.0 cm³/mol. The van der Waals surface area contributed by atoms with Crippen molar-refractivity contribution < 1.29 is 19.3 Å². The number of hydrogen-bond donors (Lipinski definition) is 1. The molecule has 5 nitrogen and oxygen atoms in total. The molecule has 0 bridgehead atoms. The topological polar surface area (TPSA) is 51.2 Å². The Labute approximate surface area is 126 Å². The van der Waals surface area contributed by atoms with Crippen LogP contribution >= 0.6 is 0 Å². The molecule has 21 heavy (non-hydrogen) atoms. The van der Waals surface area contributed by atoms with Gasteiger partial charge in [0.25, 0.3) is 0 Å². The molecule has 1 aliphatic heterocycles. The smallest absolute Gasteiger partial charge is 0.128 e. The monoisotopic (exact) mass is 295 g/mol. The van der Waals surface area contributed by atoms with Crippen LogP contribution in [0.5, 0.6) is 11.5 Å². The van der Waals surface area contributed by atoms with E-state index < -0.39 is 6.10 Å². The maximum absolute atomic E-state index is 10.6. The van der Waals surface area contributed by atoms with Crippen LogP contribution in [0.2, 0.25) is 0 Å². The van der Waals surface area contributed by atoms with Gasteiger partial charge in [0.2, 0.25) is 0 Å². The fraction of sp³-hybridized carbons (Fsp3) is 0.625. The Bertz CT molecular complexity index is 450. The van der Waals surface area contributed by atoms with Crippen molar-refractivity contribution in [1.82, 2.24) is 4.90 Å². The zero-order valence-electron chi connectivity index (χ0n) is 13.0. The number of ether oxygens (including phenoxy) is 3. The molecule has 2 atom stereocenters. The Hall–Kier alpha value is -1.30. The number of aliphatic hydroxyl groups excluding tert-OH is 1. The first-order valence-corrected chi connectivity index (χ1v) is 7.43. The molecule has 0 aromatic heterocycles. The van der Waals surface area contributed by atoms with Crippen molar-refractivity contribution in [2.45, 2.75) is 25.6 Å². The van der Waals surface area contributed by atoms with Crippen molar-refractivity contribution in [3.05, 3.63) is 23.8 Å². The van der Waals surface area contributed by atoms with E-state index in [2.05, 4.69) is 11.8 Å². The molecule has 2 unspecified atom stereocenters. The van der Waals surface area contributed by atoms with Gasteiger partial charge in [0.15, 0.2) is 0 Å². The van der Waals surface area contributed by atoms with Crippen molar-refractivity contribution in [3.8, 4) is 11.5 Å². The molecule has 0 spiro atoms. The first-order valence-electron chi connectivity index (χ1n) is 7.43. The average molecular weight is 295 g/mol. The minimum atomic E-state index is -0.703. The molecule has 1 saturated heterocycles. The molecule has 1 aliphatic rings. The van der Waals surface area contributed by atoms with E-state index in [4.69, 9.17) is 14.2 Å². The van der Waals surface area contributed by atoms with Crippen molar-refractivity contribution in [2.24, 2.45) is 0 Å². The lowest BCUT2D eigenvalue weighted by molar-refractivity contribution is -0.0903. The first kappa shape index (κ1) is 16.1. The van der Waals surface area contributed by atoms with Crippen molar-refractivity contribution >= 4 is 0 Å². The van der Waals surface area contributed by atoms with Crippen LogP contribution < -0.4 is 9.47 Å². The van der Waals surface area contributed by atoms with Gasteiger partial charge in [-0.15, -0.1) is 0 Å². The number of hydrogen-bond acceptors (Lipinski definition) is 5. The predicted octanol–water partition coefficient (Wildman–Crippen LogP) is 1.85. The highest BCUT2D eigenvalue weighted by Crippen LogP contribution is 2.32. The Balaban J connectivity index is 2.13. The summed E-state index contributed by atoms with van der Waals surface area (Å²) in [6.07, 6.45) is 0.174. The van der Waals surface area contributed by atoms with E-state index in [1.807, 2.05) is 12.1 Å². The maximum atomic E-state index is 10.6. The molecule has 118 valence electrons. The lowest BCUT2D eigenvalue weighted by Crippen LogP contribution is -2.45. The Morgan fingerprint density at radius 1 is 1.38 bits per heavy atom. The highest BCUT2D eigenvalue weighted by molar-refractivity contribution is 5.42. The minimum absolute atomic E-state index is 0.229. The summed E-state index contributed by atoms with van der Waals surface area (Å²) in [6, 6.07) is 5.45. The Morgan fingerprint density at radius 2 is 2.19 bits per heavy atom. The van der Waals surface area contributed by atoms with Gasteiger partial charge in [-0.3, -0.25) is 4.90 Å². The fourth-order valence-corrected chi connectivity index (χ4v) is 2.71. The number of benzene rings is 1. The van der Waals surface area contributed by atoms with E-state index >= 15 is 0 Å². The van der Waals surface area contributed by atoms with Crippen LogP contribution in [0.1, 0.15) is 25.0 Å². The zero-order valence-corrected chi connectivity index (χ0v) is 13.0. The molecule has 0 amide bonds. The second-order valence-corrected chi connectivity index (χ2v) is 5.26. The molecule has 1 aromatic rings. The molecule has 1 aromatic carbocycles. The molecule has 2 rings (SSSR count). The van der Waals surface area contributed by atoms with Crippen molar-refractivity contribution in [3.63, 3.8) is 0 Å². The minimum Gasteiger partial charge on any atom is -0.497 e. The average Bonchev–Trinajstić information content (AvgIpc) is 2.54. The van der Waals surface area contributed by atoms with E-state index in [9.17, 15) is 5.11 Å². The van der Waals surface area contributed by atoms with Gasteiger partial charge in [0, 0.05) is 24.7 Å². The number of nitrogens with zero attached hydrogens (tertiary/aromatic N) is 1. The van der Waals surface area contributed by atoms with Crippen LogP contribution in [0.4, 0.5) is 0 Å². The summed E-state index contributed by atoms with van der Waals surface area (Å²) in [5.41, 5.74) is 0.738. The molecule has 0 aliphatic carbocycles. The summed E-state index contributed by atoms with van der Waals surface area (Å²) >= 11 is 0. The van der Waals surface area contributed by atoms with Crippen LogP contribution in [-0.2, 0) is 4.74 Å². The molecule has 5 heteroatoms. The third kappa shape index (κ3) is 3.87. The first-order chi connectivity index (χ1) is 10.2. The molecule has 0 radical (unpaired) electrons. The second kappa shape index (κ2) is 7.64. The van der Waals surface area contributed by atoms with E-state index in [0.717, 1.165) is 31.6 Å². The molecular weight excluding hydrogens is 270 g/mol. The molecule has 1 N–H and O–H groups in total. The van der Waals surface area contributed by atoms with E-state index in [1.165, 1.54) is 0 Å². The molecule has 1 fully saturated rings. The highest BCUT2D eigenvalue weighted by atomic mass is 16.5. The summed E-state index contributed by atoms with van der Waals surface area (Å²) in [4.78, 5) is 2.33. The SMILES string of the molecule is CCCN1CCOC(C(O)c2ccc(OC)cc2OC)C1. The third-order valence-electron chi connectivity index (χ3n) is 3.83. The number of methoxy groups -OCH3 is 2. The van der Waals surface area contributed by atoms with E-state index in [-0.39, 0.29) is 6.10 Å². The highest BCUT2D eigenvalue weighted by Gasteiger charge is 2.29. The van der Waals surface area contributed by atoms with Gasteiger partial charge >= 0.3 is 0 Å². The Morgan fingerprint density at radius 3 is 2.86 bits per heavy atom. The summed E-state index contributed by atoms with van der Waals surface area (Å²) in [5.74, 6) is 1.33.